The molecule has 0 atom stereocenters. The summed E-state index contributed by atoms with van der Waals surface area (Å²) in [5.41, 5.74) is 4.14. The van der Waals surface area contributed by atoms with Gasteiger partial charge in [0.15, 0.2) is 0 Å². The highest BCUT2D eigenvalue weighted by molar-refractivity contribution is 5.98. The van der Waals surface area contributed by atoms with Crippen LogP contribution in [0.2, 0.25) is 0 Å². The van der Waals surface area contributed by atoms with Gasteiger partial charge in [-0.15, -0.1) is 0 Å². The van der Waals surface area contributed by atoms with E-state index in [1.807, 2.05) is 7.05 Å². The fourth-order valence-corrected chi connectivity index (χ4v) is 1.42. The van der Waals surface area contributed by atoms with E-state index in [4.69, 9.17) is 0 Å². The van der Waals surface area contributed by atoms with Gasteiger partial charge in [-0.25, -0.2) is 0 Å². The van der Waals surface area contributed by atoms with Crippen molar-refractivity contribution in [3.05, 3.63) is 23.3 Å². The second-order valence-electron chi connectivity index (χ2n) is 3.18. The molecule has 0 unspecified atom stereocenters. The molecule has 1 nitrogen and oxygen atoms in total. The van der Waals surface area contributed by atoms with Crippen LogP contribution >= 0.6 is 0 Å². The molecule has 1 aliphatic rings. The predicted molar refractivity (Wildman–Crippen MR) is 54.7 cm³/mol. The molecule has 0 saturated heterocycles. The number of aliphatic imine (C=N–C) groups is 1. The normalized spacial score (nSPS) is 18.8. The zero-order chi connectivity index (χ0) is 8.97. The molecule has 0 aromatic carbocycles. The van der Waals surface area contributed by atoms with E-state index in [2.05, 4.69) is 31.0 Å². The van der Waals surface area contributed by atoms with Crippen molar-refractivity contribution in [3.8, 4) is 0 Å². The van der Waals surface area contributed by atoms with Crippen LogP contribution in [0.25, 0.3) is 0 Å². The van der Waals surface area contributed by atoms with Crippen molar-refractivity contribution >= 4 is 5.71 Å². The highest BCUT2D eigenvalue weighted by Crippen LogP contribution is 2.21. The summed E-state index contributed by atoms with van der Waals surface area (Å²) >= 11 is 0. The van der Waals surface area contributed by atoms with Gasteiger partial charge in [0.1, 0.15) is 0 Å². The van der Waals surface area contributed by atoms with E-state index in [0.29, 0.717) is 0 Å². The number of nitrogens with zero attached hydrogens (tertiary/aromatic N) is 1. The number of rotatable bonds is 2. The summed E-state index contributed by atoms with van der Waals surface area (Å²) in [5.74, 6) is 0. The lowest BCUT2D eigenvalue weighted by Gasteiger charge is -2.12. The van der Waals surface area contributed by atoms with Crippen LogP contribution in [0.15, 0.2) is 28.3 Å². The van der Waals surface area contributed by atoms with Crippen molar-refractivity contribution in [2.45, 2.75) is 33.1 Å². The summed E-state index contributed by atoms with van der Waals surface area (Å²) in [7, 11) is 1.86. The Morgan fingerprint density at radius 1 is 1.42 bits per heavy atom. The van der Waals surface area contributed by atoms with Gasteiger partial charge in [-0.1, -0.05) is 24.6 Å². The molecule has 0 spiro atoms. The maximum absolute atomic E-state index is 4.18. The molecule has 0 aromatic heterocycles. The summed E-state index contributed by atoms with van der Waals surface area (Å²) in [4.78, 5) is 4.18. The molecule has 1 heteroatoms. The van der Waals surface area contributed by atoms with Crippen LogP contribution in [-0.4, -0.2) is 12.8 Å². The molecule has 0 bridgehead atoms. The Hall–Kier alpha value is -0.850. The predicted octanol–water partition coefficient (Wildman–Crippen LogP) is 3.13. The molecule has 0 saturated carbocycles. The molecule has 0 fully saturated rings. The van der Waals surface area contributed by atoms with Crippen LogP contribution in [0, 0.1) is 0 Å². The Morgan fingerprint density at radius 3 is 2.58 bits per heavy atom. The maximum atomic E-state index is 4.18. The van der Waals surface area contributed by atoms with Crippen molar-refractivity contribution in [1.82, 2.24) is 0 Å². The van der Waals surface area contributed by atoms with Gasteiger partial charge in [0.05, 0.1) is 0 Å². The zero-order valence-electron chi connectivity index (χ0n) is 8.22. The third-order valence-corrected chi connectivity index (χ3v) is 2.49. The molecular formula is C11H17N. The van der Waals surface area contributed by atoms with E-state index in [0.717, 1.165) is 0 Å². The van der Waals surface area contributed by atoms with Crippen LogP contribution < -0.4 is 0 Å². The first kappa shape index (κ1) is 9.24. The van der Waals surface area contributed by atoms with Gasteiger partial charge in [-0.2, -0.15) is 0 Å². The molecule has 12 heavy (non-hydrogen) atoms. The van der Waals surface area contributed by atoms with Gasteiger partial charge in [0.25, 0.3) is 0 Å². The molecule has 66 valence electrons. The fourth-order valence-electron chi connectivity index (χ4n) is 1.42. The van der Waals surface area contributed by atoms with Gasteiger partial charge in [0, 0.05) is 12.8 Å². The maximum Gasteiger partial charge on any atom is 0.0345 e. The zero-order valence-corrected chi connectivity index (χ0v) is 8.22. The molecular weight excluding hydrogens is 146 g/mol. The van der Waals surface area contributed by atoms with Crippen molar-refractivity contribution in [2.24, 2.45) is 4.99 Å². The summed E-state index contributed by atoms with van der Waals surface area (Å²) < 4.78 is 0. The minimum absolute atomic E-state index is 1.17. The van der Waals surface area contributed by atoms with Gasteiger partial charge < -0.3 is 0 Å². The van der Waals surface area contributed by atoms with E-state index in [1.165, 1.54) is 30.5 Å². The minimum Gasteiger partial charge on any atom is -0.293 e. The largest absolute Gasteiger partial charge is 0.293 e. The lowest BCUT2D eigenvalue weighted by Crippen LogP contribution is -2.01. The first-order chi connectivity index (χ1) is 5.77. The van der Waals surface area contributed by atoms with E-state index in [9.17, 15) is 0 Å². The Kier molecular flexibility index (Phi) is 3.27. The van der Waals surface area contributed by atoms with E-state index < -0.39 is 0 Å². The molecule has 0 amide bonds. The summed E-state index contributed by atoms with van der Waals surface area (Å²) in [6.07, 6.45) is 8.03. The van der Waals surface area contributed by atoms with E-state index >= 15 is 0 Å². The van der Waals surface area contributed by atoms with Crippen LogP contribution in [0.3, 0.4) is 0 Å². The summed E-state index contributed by atoms with van der Waals surface area (Å²) in [5, 5.41) is 0. The molecule has 1 aliphatic carbocycles. The lowest BCUT2D eigenvalue weighted by molar-refractivity contribution is 0.878. The number of hydrogen-bond donors (Lipinski definition) is 0. The molecule has 0 heterocycles. The SMILES string of the molecule is CCC1=CC=C(/C(C)=N\C)CC1. The van der Waals surface area contributed by atoms with Crippen LogP contribution in [0.1, 0.15) is 33.1 Å². The van der Waals surface area contributed by atoms with Crippen molar-refractivity contribution in [2.75, 3.05) is 7.05 Å². The van der Waals surface area contributed by atoms with Crippen molar-refractivity contribution in [1.29, 1.82) is 0 Å². The fraction of sp³-hybridized carbons (Fsp3) is 0.545. The van der Waals surface area contributed by atoms with Crippen LogP contribution in [0.4, 0.5) is 0 Å². The quantitative estimate of drug-likeness (QED) is 0.554. The Bertz CT molecular complexity index is 244. The highest BCUT2D eigenvalue weighted by atomic mass is 14.7. The molecule has 0 radical (unpaired) electrons. The third-order valence-electron chi connectivity index (χ3n) is 2.49. The average Bonchev–Trinajstić information content (AvgIpc) is 2.17. The van der Waals surface area contributed by atoms with Gasteiger partial charge in [-0.3, -0.25) is 4.99 Å². The van der Waals surface area contributed by atoms with Gasteiger partial charge in [0.2, 0.25) is 0 Å². The van der Waals surface area contributed by atoms with E-state index in [-0.39, 0.29) is 0 Å². The van der Waals surface area contributed by atoms with Gasteiger partial charge in [-0.05, 0) is 31.8 Å². The first-order valence-corrected chi connectivity index (χ1v) is 4.60. The topological polar surface area (TPSA) is 12.4 Å². The summed E-state index contributed by atoms with van der Waals surface area (Å²) in [6.45, 7) is 4.29. The second-order valence-corrected chi connectivity index (χ2v) is 3.18. The Morgan fingerprint density at radius 2 is 2.17 bits per heavy atom. The molecule has 0 N–H and O–H groups in total. The third kappa shape index (κ3) is 2.07. The first-order valence-electron chi connectivity index (χ1n) is 4.60. The molecule has 1 rings (SSSR count). The van der Waals surface area contributed by atoms with Crippen molar-refractivity contribution in [3.63, 3.8) is 0 Å². The average molecular weight is 163 g/mol. The van der Waals surface area contributed by atoms with E-state index in [1.54, 1.807) is 5.57 Å². The molecule has 0 aromatic rings. The Balaban J connectivity index is 2.73. The standard InChI is InChI=1S/C11H17N/c1-4-10-5-7-11(8-6-10)9(2)12-3/h5,7H,4,6,8H2,1-3H3/b12-9-. The molecule has 0 aliphatic heterocycles. The smallest absolute Gasteiger partial charge is 0.0345 e. The van der Waals surface area contributed by atoms with Crippen molar-refractivity contribution < 1.29 is 0 Å². The minimum atomic E-state index is 1.17. The van der Waals surface area contributed by atoms with Gasteiger partial charge >= 0.3 is 0 Å². The summed E-state index contributed by atoms with van der Waals surface area (Å²) in [6, 6.07) is 0. The number of hydrogen-bond acceptors (Lipinski definition) is 1. The number of allylic oxidation sites excluding steroid dienone is 4. The lowest BCUT2D eigenvalue weighted by atomic mass is 9.94. The van der Waals surface area contributed by atoms with Crippen LogP contribution in [0.5, 0.6) is 0 Å². The monoisotopic (exact) mass is 163 g/mol. The second kappa shape index (κ2) is 4.24. The highest BCUT2D eigenvalue weighted by Gasteiger charge is 2.06. The Labute approximate surface area is 74.9 Å². The van der Waals surface area contributed by atoms with Crippen LogP contribution in [-0.2, 0) is 0 Å².